The van der Waals surface area contributed by atoms with Crippen molar-refractivity contribution in [1.29, 1.82) is 0 Å². The molecule has 109 heavy (non-hydrogen) atoms. The van der Waals surface area contributed by atoms with Gasteiger partial charge in [-0.05, 0) is 214 Å². The molecule has 0 saturated carbocycles. The molecule has 7 heteroatoms. The number of unbranched alkanes of at least 4 members (excludes halogenated alkanes) is 27. The molecule has 0 spiro atoms. The summed E-state index contributed by atoms with van der Waals surface area (Å²) in [6.45, 7) is 36.7. The van der Waals surface area contributed by atoms with Crippen molar-refractivity contribution in [3.05, 3.63) is 146 Å². The Morgan fingerprint density at radius 3 is 0.688 bits per heavy atom. The Balaban J connectivity index is 1.28. The first-order valence-corrected chi connectivity index (χ1v) is 43.6. The summed E-state index contributed by atoms with van der Waals surface area (Å²) in [6.07, 6.45) is 59.9. The quantitative estimate of drug-likeness (QED) is 0.0293. The normalized spacial score (nSPS) is 12.1. The van der Waals surface area contributed by atoms with Crippen molar-refractivity contribution in [1.82, 2.24) is 19.9 Å². The Kier molecular flexibility index (Phi) is 34.0. The van der Waals surface area contributed by atoms with Gasteiger partial charge in [0, 0.05) is 55.4 Å². The Labute approximate surface area is 661 Å². The van der Waals surface area contributed by atoms with Crippen LogP contribution in [-0.2, 0) is 0 Å². The van der Waals surface area contributed by atoms with Crippen LogP contribution in [0.5, 0.6) is 17.2 Å². The van der Waals surface area contributed by atoms with E-state index in [-0.39, 0.29) is 35.5 Å². The van der Waals surface area contributed by atoms with Gasteiger partial charge in [-0.1, -0.05) is 289 Å². The van der Waals surface area contributed by atoms with Gasteiger partial charge in [-0.15, -0.1) is 12.8 Å². The van der Waals surface area contributed by atoms with E-state index >= 15 is 0 Å². The number of rotatable bonds is 46. The zero-order chi connectivity index (χ0) is 77.8. The van der Waals surface area contributed by atoms with Gasteiger partial charge in [-0.2, -0.15) is 0 Å². The molecule has 0 fully saturated rings. The maximum absolute atomic E-state index is 7.09. The average Bonchev–Trinajstić information content (AvgIpc) is 1.64. The van der Waals surface area contributed by atoms with Gasteiger partial charge in [0.15, 0.2) is 0 Å². The molecule has 8 bridgehead atoms. The molecule has 0 radical (unpaired) electrons. The Bertz CT molecular complexity index is 4180. The van der Waals surface area contributed by atoms with E-state index in [0.717, 1.165) is 126 Å². The van der Waals surface area contributed by atoms with E-state index in [2.05, 4.69) is 223 Å². The molecule has 4 aromatic carbocycles. The van der Waals surface area contributed by atoms with Crippen molar-refractivity contribution in [3.63, 3.8) is 0 Å². The molecule has 0 unspecified atom stereocenters. The minimum atomic E-state index is 0.177. The second kappa shape index (κ2) is 43.6. The molecule has 3 aromatic heterocycles. The van der Waals surface area contributed by atoms with E-state index < -0.39 is 0 Å². The van der Waals surface area contributed by atoms with Gasteiger partial charge in [-0.25, -0.2) is 9.97 Å². The summed E-state index contributed by atoms with van der Waals surface area (Å²) in [5.74, 6) is 10.0. The van der Waals surface area contributed by atoms with E-state index in [1.54, 1.807) is 0 Å². The zero-order valence-electron chi connectivity index (χ0n) is 70.4. The molecule has 584 valence electrons. The fraction of sp³-hybridized carbons (Fsp3) is 0.529. The Hall–Kier alpha value is -8.00. The Morgan fingerprint density at radius 1 is 0.284 bits per heavy atom. The Morgan fingerprint density at radius 2 is 0.486 bits per heavy atom. The van der Waals surface area contributed by atoms with Crippen molar-refractivity contribution >= 4 is 46.4 Å². The molecule has 2 aliphatic heterocycles. The summed E-state index contributed by atoms with van der Waals surface area (Å²) in [5.41, 5.74) is 23.7. The summed E-state index contributed by atoms with van der Waals surface area (Å²) in [4.78, 5) is 20.1. The lowest BCUT2D eigenvalue weighted by Crippen LogP contribution is -2.07. The minimum Gasteiger partial charge on any atom is -0.493 e. The van der Waals surface area contributed by atoms with Gasteiger partial charge in [0.05, 0.1) is 42.6 Å². The molecule has 7 nitrogen and oxygen atoms in total. The second-order valence-corrected chi connectivity index (χ2v) is 33.6. The van der Waals surface area contributed by atoms with Crippen LogP contribution >= 0.6 is 0 Å². The summed E-state index contributed by atoms with van der Waals surface area (Å²) in [6, 6.07) is 29.4. The highest BCUT2D eigenvalue weighted by Gasteiger charge is 2.27. The van der Waals surface area contributed by atoms with Gasteiger partial charge < -0.3 is 24.2 Å². The molecule has 2 aliphatic rings. The lowest BCUT2D eigenvalue weighted by atomic mass is 9.89. The number of benzene rings is 4. The molecule has 2 N–H and O–H groups in total. The number of fused-ring (bicyclic) bond motifs is 8. The predicted octanol–water partition coefficient (Wildman–Crippen LogP) is 30.9. The van der Waals surface area contributed by atoms with Crippen molar-refractivity contribution in [2.75, 3.05) is 19.8 Å². The lowest BCUT2D eigenvalue weighted by Gasteiger charge is -2.22. The van der Waals surface area contributed by atoms with Crippen LogP contribution in [0.3, 0.4) is 0 Å². The third kappa shape index (κ3) is 23.3. The summed E-state index contributed by atoms with van der Waals surface area (Å²) < 4.78 is 21.2. The third-order valence-corrected chi connectivity index (χ3v) is 22.6. The van der Waals surface area contributed by atoms with Gasteiger partial charge in [-0.3, -0.25) is 0 Å². The van der Waals surface area contributed by atoms with Crippen molar-refractivity contribution < 1.29 is 14.2 Å². The number of nitrogens with one attached hydrogen (secondary N) is 2. The van der Waals surface area contributed by atoms with Crippen molar-refractivity contribution in [2.45, 2.75) is 332 Å². The molecule has 7 aromatic rings. The highest BCUT2D eigenvalue weighted by atomic mass is 16.5. The highest BCUT2D eigenvalue weighted by molar-refractivity contribution is 6.00. The molecule has 0 amide bonds. The first kappa shape index (κ1) is 85.0. The van der Waals surface area contributed by atoms with Crippen molar-refractivity contribution in [2.24, 2.45) is 0 Å². The molecule has 0 atom stereocenters. The van der Waals surface area contributed by atoms with Crippen molar-refractivity contribution in [3.8, 4) is 86.4 Å². The van der Waals surface area contributed by atoms with Crippen LogP contribution < -0.4 is 14.2 Å². The summed E-state index contributed by atoms with van der Waals surface area (Å²) in [7, 11) is 0. The van der Waals surface area contributed by atoms with Crippen LogP contribution in [0.2, 0.25) is 0 Å². The molecule has 0 aliphatic carbocycles. The standard InChI is InChI=1S/C102H138N4O3/c1-18-23-26-29-32-35-38-41-44-47-58-107-100-82(70(6)7)64-79(65-83(100)71(8)9)97-90-52-50-88(103-90)96(78-62-76(21-4)61-77(22-5)63-78)89-51-53-91(104-89)98(80-66-84(72(10)11)101(85(67-80)73(12)13)108-59-48-45-42-39-36-33-30-27-24-19-2)93-55-57-95(106-93)99(94-56-54-92(97)105-94)81-68-86(74(14)15)102(87(69-81)75(16)17)109-60-49-46-43-40-37-34-31-28-25-20-3/h4-5,50-57,61-75,103,106H,18-20,23-49,58-60H2,1-3,6-17H3. The van der Waals surface area contributed by atoms with E-state index in [4.69, 9.17) is 37.0 Å². The summed E-state index contributed by atoms with van der Waals surface area (Å²) in [5, 5.41) is 0. The third-order valence-electron chi connectivity index (χ3n) is 22.6. The summed E-state index contributed by atoms with van der Waals surface area (Å²) >= 11 is 0. The molecule has 9 rings (SSSR count). The number of terminal acetylenes is 2. The number of hydrogen-bond donors (Lipinski definition) is 2. The number of ether oxygens (including phenoxy) is 3. The predicted molar refractivity (Wildman–Crippen MR) is 473 cm³/mol. The average molecular weight is 1470 g/mol. The van der Waals surface area contributed by atoms with Crippen LogP contribution in [-0.4, -0.2) is 39.8 Å². The smallest absolute Gasteiger partial charge is 0.126 e. The van der Waals surface area contributed by atoms with Gasteiger partial charge in [0.2, 0.25) is 0 Å². The highest BCUT2D eigenvalue weighted by Crippen LogP contribution is 2.47. The zero-order valence-corrected chi connectivity index (χ0v) is 70.4. The molecular weight excluding hydrogens is 1330 g/mol. The first-order valence-electron chi connectivity index (χ1n) is 43.6. The topological polar surface area (TPSA) is 85.1 Å². The number of hydrogen-bond acceptors (Lipinski definition) is 5. The largest absolute Gasteiger partial charge is 0.493 e. The number of H-pyrrole nitrogens is 2. The fourth-order valence-corrected chi connectivity index (χ4v) is 16.2. The van der Waals surface area contributed by atoms with Crippen LogP contribution in [0, 0.1) is 24.7 Å². The van der Waals surface area contributed by atoms with E-state index in [1.165, 1.54) is 207 Å². The van der Waals surface area contributed by atoms with Gasteiger partial charge in [0.1, 0.15) is 17.2 Å². The maximum atomic E-state index is 7.09. The first-order chi connectivity index (χ1) is 52.9. The van der Waals surface area contributed by atoms with Crippen LogP contribution in [0.25, 0.3) is 90.9 Å². The van der Waals surface area contributed by atoms with E-state index in [9.17, 15) is 0 Å². The molecular formula is C102H138N4O3. The second-order valence-electron chi connectivity index (χ2n) is 33.6. The minimum absolute atomic E-state index is 0.177. The fourth-order valence-electron chi connectivity index (χ4n) is 16.2. The van der Waals surface area contributed by atoms with Crippen LogP contribution in [0.1, 0.15) is 399 Å². The molecule has 5 heterocycles. The number of aromatic amines is 2. The van der Waals surface area contributed by atoms with Gasteiger partial charge >= 0.3 is 0 Å². The van der Waals surface area contributed by atoms with E-state index in [0.29, 0.717) is 30.9 Å². The number of nitrogens with zero attached hydrogens (tertiary/aromatic N) is 2. The SMILES string of the molecule is C#Cc1cc(C#C)cc(-c2c3nc(c(-c4cc(C(C)C)c(OCCCCCCCCCCCC)c(C(C)C)c4)c4ccc([nH]4)c(-c4cc(C(C)C)c(OCCCCCCCCCCCC)c(C(C)C)c4)c4nc(c(-c5cc(C(C)C)c(OCCCCCCCCCCCC)c(C(C)C)c5)c5ccc2[nH]5)C=C4)C=C3)c1. The van der Waals surface area contributed by atoms with Gasteiger partial charge in [0.25, 0.3) is 0 Å². The maximum Gasteiger partial charge on any atom is 0.126 e. The lowest BCUT2D eigenvalue weighted by molar-refractivity contribution is 0.296. The van der Waals surface area contributed by atoms with E-state index in [1.807, 2.05) is 6.07 Å². The number of aromatic nitrogens is 4. The molecule has 0 saturated heterocycles. The van der Waals surface area contributed by atoms with Crippen LogP contribution in [0.15, 0.2) is 78.9 Å². The monoisotopic (exact) mass is 1470 g/mol. The van der Waals surface area contributed by atoms with Crippen LogP contribution in [0.4, 0.5) is 0 Å².